The summed E-state index contributed by atoms with van der Waals surface area (Å²) in [6.45, 7) is 5.91. The fraction of sp³-hybridized carbons (Fsp3) is 0.462. The third-order valence-electron chi connectivity index (χ3n) is 2.55. The van der Waals surface area contributed by atoms with Gasteiger partial charge in [-0.1, -0.05) is 13.3 Å². The monoisotopic (exact) mass is 221 g/mol. The highest BCUT2D eigenvalue weighted by Crippen LogP contribution is 2.15. The second-order valence-corrected chi connectivity index (χ2v) is 4.16. The molecule has 0 aliphatic rings. The van der Waals surface area contributed by atoms with E-state index in [0.717, 1.165) is 18.4 Å². The van der Waals surface area contributed by atoms with Gasteiger partial charge in [-0.25, -0.2) is 0 Å². The minimum Gasteiger partial charge on any atom is -0.508 e. The standard InChI is InChI=1S/C13H19NO2/c1-4-5-10(3)14-13(16)12-7-6-11(15)8-9(12)2/h6-8,10,15H,4-5H2,1-3H3,(H,14,16). The van der Waals surface area contributed by atoms with Gasteiger partial charge in [-0.3, -0.25) is 4.79 Å². The van der Waals surface area contributed by atoms with Gasteiger partial charge < -0.3 is 10.4 Å². The second kappa shape index (κ2) is 5.54. The minimum atomic E-state index is -0.0709. The Balaban J connectivity index is 2.73. The molecule has 1 unspecified atom stereocenters. The summed E-state index contributed by atoms with van der Waals surface area (Å²) in [6.07, 6.45) is 2.03. The Bertz CT molecular complexity index is 374. The molecule has 1 aromatic rings. The molecule has 1 amide bonds. The van der Waals surface area contributed by atoms with Gasteiger partial charge in [-0.15, -0.1) is 0 Å². The van der Waals surface area contributed by atoms with Crippen molar-refractivity contribution in [1.29, 1.82) is 0 Å². The maximum Gasteiger partial charge on any atom is 0.251 e. The molecule has 0 spiro atoms. The highest BCUT2D eigenvalue weighted by molar-refractivity contribution is 5.95. The number of carbonyl (C=O) groups excluding carboxylic acids is 1. The third kappa shape index (κ3) is 3.26. The van der Waals surface area contributed by atoms with E-state index >= 15 is 0 Å². The van der Waals surface area contributed by atoms with E-state index in [1.807, 2.05) is 13.8 Å². The van der Waals surface area contributed by atoms with Crippen LogP contribution in [-0.4, -0.2) is 17.1 Å². The first kappa shape index (κ1) is 12.6. The highest BCUT2D eigenvalue weighted by Gasteiger charge is 2.11. The summed E-state index contributed by atoms with van der Waals surface area (Å²) >= 11 is 0. The molecule has 0 saturated heterocycles. The molecule has 0 radical (unpaired) electrons. The third-order valence-corrected chi connectivity index (χ3v) is 2.55. The van der Waals surface area contributed by atoms with Gasteiger partial charge in [0.05, 0.1) is 0 Å². The molecule has 0 aliphatic carbocycles. The number of hydrogen-bond acceptors (Lipinski definition) is 2. The smallest absolute Gasteiger partial charge is 0.251 e. The summed E-state index contributed by atoms with van der Waals surface area (Å²) in [4.78, 5) is 11.9. The van der Waals surface area contributed by atoms with E-state index in [2.05, 4.69) is 12.2 Å². The SMILES string of the molecule is CCCC(C)NC(=O)c1ccc(O)cc1C. The number of benzene rings is 1. The Morgan fingerprint density at radius 2 is 2.19 bits per heavy atom. The molecule has 0 fully saturated rings. The minimum absolute atomic E-state index is 0.0709. The molecule has 1 aromatic carbocycles. The number of amides is 1. The number of aromatic hydroxyl groups is 1. The number of nitrogens with one attached hydrogen (secondary N) is 1. The lowest BCUT2D eigenvalue weighted by Crippen LogP contribution is -2.32. The predicted molar refractivity (Wildman–Crippen MR) is 64.7 cm³/mol. The van der Waals surface area contributed by atoms with Crippen LogP contribution in [0.15, 0.2) is 18.2 Å². The van der Waals surface area contributed by atoms with Crippen LogP contribution in [0, 0.1) is 6.92 Å². The van der Waals surface area contributed by atoms with Crippen molar-refractivity contribution in [1.82, 2.24) is 5.32 Å². The molecule has 0 aliphatic heterocycles. The zero-order valence-corrected chi connectivity index (χ0v) is 10.1. The number of carbonyl (C=O) groups is 1. The highest BCUT2D eigenvalue weighted by atomic mass is 16.3. The molecule has 88 valence electrons. The van der Waals surface area contributed by atoms with Gasteiger partial charge in [0, 0.05) is 11.6 Å². The Labute approximate surface area is 96.5 Å². The number of phenols is 1. The second-order valence-electron chi connectivity index (χ2n) is 4.16. The van der Waals surface area contributed by atoms with Crippen LogP contribution in [-0.2, 0) is 0 Å². The van der Waals surface area contributed by atoms with Crippen molar-refractivity contribution in [2.24, 2.45) is 0 Å². The van der Waals surface area contributed by atoms with Gasteiger partial charge >= 0.3 is 0 Å². The topological polar surface area (TPSA) is 49.3 Å². The van der Waals surface area contributed by atoms with Gasteiger partial charge in [0.2, 0.25) is 0 Å². The number of rotatable bonds is 4. The molecule has 3 nitrogen and oxygen atoms in total. The van der Waals surface area contributed by atoms with Gasteiger partial charge in [0.15, 0.2) is 0 Å². The van der Waals surface area contributed by atoms with E-state index in [1.54, 1.807) is 12.1 Å². The molecule has 0 saturated carbocycles. The van der Waals surface area contributed by atoms with Crippen LogP contribution in [0.2, 0.25) is 0 Å². The molecule has 0 heterocycles. The zero-order chi connectivity index (χ0) is 12.1. The lowest BCUT2D eigenvalue weighted by Gasteiger charge is -2.13. The van der Waals surface area contributed by atoms with E-state index in [9.17, 15) is 9.90 Å². The molecular formula is C13H19NO2. The molecule has 3 heteroatoms. The zero-order valence-electron chi connectivity index (χ0n) is 10.1. The summed E-state index contributed by atoms with van der Waals surface area (Å²) in [5.74, 6) is 0.120. The van der Waals surface area contributed by atoms with Crippen LogP contribution in [0.25, 0.3) is 0 Å². The van der Waals surface area contributed by atoms with Crippen molar-refractivity contribution in [3.63, 3.8) is 0 Å². The van der Waals surface area contributed by atoms with E-state index in [0.29, 0.717) is 5.56 Å². The molecule has 16 heavy (non-hydrogen) atoms. The average Bonchev–Trinajstić information content (AvgIpc) is 2.17. The number of phenolic OH excluding ortho intramolecular Hbond substituents is 1. The van der Waals surface area contributed by atoms with Crippen LogP contribution < -0.4 is 5.32 Å². The molecule has 0 bridgehead atoms. The first-order valence-corrected chi connectivity index (χ1v) is 5.65. The van der Waals surface area contributed by atoms with Crippen molar-refractivity contribution >= 4 is 5.91 Å². The summed E-state index contributed by atoms with van der Waals surface area (Å²) < 4.78 is 0. The van der Waals surface area contributed by atoms with E-state index in [1.165, 1.54) is 6.07 Å². The molecule has 2 N–H and O–H groups in total. The van der Waals surface area contributed by atoms with E-state index < -0.39 is 0 Å². The Morgan fingerprint density at radius 3 is 2.75 bits per heavy atom. The van der Waals surface area contributed by atoms with E-state index in [-0.39, 0.29) is 17.7 Å². The molecule has 1 rings (SSSR count). The summed E-state index contributed by atoms with van der Waals surface area (Å²) in [5.41, 5.74) is 1.42. The number of hydrogen-bond donors (Lipinski definition) is 2. The first-order chi connectivity index (χ1) is 7.54. The summed E-state index contributed by atoms with van der Waals surface area (Å²) in [6, 6.07) is 4.97. The van der Waals surface area contributed by atoms with Crippen molar-refractivity contribution in [2.45, 2.75) is 39.7 Å². The molecule has 1 atom stereocenters. The van der Waals surface area contributed by atoms with Crippen LogP contribution in [0.3, 0.4) is 0 Å². The van der Waals surface area contributed by atoms with Crippen molar-refractivity contribution in [3.05, 3.63) is 29.3 Å². The Hall–Kier alpha value is -1.51. The van der Waals surface area contributed by atoms with Crippen LogP contribution >= 0.6 is 0 Å². The number of aryl methyl sites for hydroxylation is 1. The average molecular weight is 221 g/mol. The van der Waals surface area contributed by atoms with Gasteiger partial charge in [0.25, 0.3) is 5.91 Å². The lowest BCUT2D eigenvalue weighted by atomic mass is 10.1. The van der Waals surface area contributed by atoms with Crippen molar-refractivity contribution < 1.29 is 9.90 Å². The first-order valence-electron chi connectivity index (χ1n) is 5.65. The Morgan fingerprint density at radius 1 is 1.50 bits per heavy atom. The molecule has 0 aromatic heterocycles. The summed E-state index contributed by atoms with van der Waals surface area (Å²) in [7, 11) is 0. The van der Waals surface area contributed by atoms with Gasteiger partial charge in [0.1, 0.15) is 5.75 Å². The van der Waals surface area contributed by atoms with E-state index in [4.69, 9.17) is 0 Å². The maximum atomic E-state index is 11.9. The fourth-order valence-corrected chi connectivity index (χ4v) is 1.71. The lowest BCUT2D eigenvalue weighted by molar-refractivity contribution is 0.0937. The van der Waals surface area contributed by atoms with Crippen LogP contribution in [0.4, 0.5) is 0 Å². The van der Waals surface area contributed by atoms with Gasteiger partial charge in [-0.2, -0.15) is 0 Å². The maximum absolute atomic E-state index is 11.9. The summed E-state index contributed by atoms with van der Waals surface area (Å²) in [5, 5.41) is 12.2. The van der Waals surface area contributed by atoms with Crippen LogP contribution in [0.5, 0.6) is 5.75 Å². The Kier molecular flexibility index (Phi) is 4.35. The fourth-order valence-electron chi connectivity index (χ4n) is 1.71. The normalized spacial score (nSPS) is 12.2. The van der Waals surface area contributed by atoms with Crippen molar-refractivity contribution in [2.75, 3.05) is 0 Å². The van der Waals surface area contributed by atoms with Gasteiger partial charge in [-0.05, 0) is 44.0 Å². The van der Waals surface area contributed by atoms with Crippen LogP contribution in [0.1, 0.15) is 42.6 Å². The predicted octanol–water partition coefficient (Wildman–Crippen LogP) is 2.62. The largest absolute Gasteiger partial charge is 0.508 e. The van der Waals surface area contributed by atoms with Crippen molar-refractivity contribution in [3.8, 4) is 5.75 Å². The quantitative estimate of drug-likeness (QED) is 0.821. The molecular weight excluding hydrogens is 202 g/mol.